The van der Waals surface area contributed by atoms with Crippen LogP contribution in [0.3, 0.4) is 0 Å². The molecule has 0 fully saturated rings. The van der Waals surface area contributed by atoms with E-state index >= 15 is 0 Å². The van der Waals surface area contributed by atoms with Crippen molar-refractivity contribution in [3.8, 4) is 56.7 Å². The maximum atomic E-state index is 5.24. The molecule has 262 valence electrons. The third-order valence-electron chi connectivity index (χ3n) is 10.7. The molecule has 0 spiro atoms. The van der Waals surface area contributed by atoms with Crippen LogP contribution in [0.25, 0.3) is 100 Å². The summed E-state index contributed by atoms with van der Waals surface area (Å²) >= 11 is 0. The van der Waals surface area contributed by atoms with Gasteiger partial charge in [-0.15, -0.1) is 0 Å². The number of pyridine rings is 1. The average Bonchev–Trinajstić information content (AvgIpc) is 3.79. The number of para-hydroxylation sites is 3. The molecule has 6 heteroatoms. The van der Waals surface area contributed by atoms with E-state index in [0.717, 1.165) is 50.2 Å². The average molecular weight is 717 g/mol. The van der Waals surface area contributed by atoms with Gasteiger partial charge in [0.15, 0.2) is 17.5 Å². The molecule has 0 atom stereocenters. The van der Waals surface area contributed by atoms with E-state index in [4.69, 9.17) is 15.0 Å². The number of hydrogen-bond donors (Lipinski definition) is 0. The molecule has 0 N–H and O–H groups in total. The lowest BCUT2D eigenvalue weighted by atomic mass is 10.0. The highest BCUT2D eigenvalue weighted by Crippen LogP contribution is 2.40. The number of nitrogens with zero attached hydrogens (tertiary/aromatic N) is 6. The largest absolute Gasteiger partial charge is 0.309 e. The van der Waals surface area contributed by atoms with Crippen LogP contribution in [0, 0.1) is 0 Å². The molecule has 0 aliphatic rings. The molecule has 0 saturated carbocycles. The molecular formula is C50H32N6. The summed E-state index contributed by atoms with van der Waals surface area (Å²) in [5, 5.41) is 4.80. The molecule has 4 aromatic heterocycles. The van der Waals surface area contributed by atoms with Gasteiger partial charge in [0, 0.05) is 56.3 Å². The number of hydrogen-bond acceptors (Lipinski definition) is 4. The Labute approximate surface area is 322 Å². The summed E-state index contributed by atoms with van der Waals surface area (Å²) in [5.41, 5.74) is 11.4. The summed E-state index contributed by atoms with van der Waals surface area (Å²) in [4.78, 5) is 19.8. The van der Waals surface area contributed by atoms with Crippen LogP contribution in [0.2, 0.25) is 0 Å². The fraction of sp³-hybridized carbons (Fsp3) is 0. The molecule has 0 aliphatic carbocycles. The van der Waals surface area contributed by atoms with E-state index in [1.165, 1.54) is 32.6 Å². The van der Waals surface area contributed by atoms with Crippen LogP contribution < -0.4 is 0 Å². The highest BCUT2D eigenvalue weighted by atomic mass is 15.1. The minimum atomic E-state index is 0.591. The number of benzene rings is 7. The third-order valence-corrected chi connectivity index (χ3v) is 10.7. The summed E-state index contributed by atoms with van der Waals surface area (Å²) in [5.74, 6) is 1.82. The van der Waals surface area contributed by atoms with Gasteiger partial charge >= 0.3 is 0 Å². The topological polar surface area (TPSA) is 61.4 Å². The van der Waals surface area contributed by atoms with Crippen molar-refractivity contribution in [2.24, 2.45) is 0 Å². The van der Waals surface area contributed by atoms with E-state index in [1.54, 1.807) is 0 Å². The van der Waals surface area contributed by atoms with Crippen LogP contribution >= 0.6 is 0 Å². The number of aromatic nitrogens is 6. The van der Waals surface area contributed by atoms with Crippen molar-refractivity contribution in [1.82, 2.24) is 29.1 Å². The Morgan fingerprint density at radius 2 is 0.821 bits per heavy atom. The van der Waals surface area contributed by atoms with Gasteiger partial charge in [-0.25, -0.2) is 15.0 Å². The molecule has 0 bridgehead atoms. The normalized spacial score (nSPS) is 11.6. The summed E-state index contributed by atoms with van der Waals surface area (Å²) in [6.07, 6.45) is 3.66. The van der Waals surface area contributed by atoms with Crippen molar-refractivity contribution in [2.75, 3.05) is 0 Å². The quantitative estimate of drug-likeness (QED) is 0.172. The van der Waals surface area contributed by atoms with Gasteiger partial charge in [-0.3, -0.25) is 4.98 Å². The van der Waals surface area contributed by atoms with Gasteiger partial charge in [0.05, 0.1) is 27.8 Å². The molecule has 0 saturated heterocycles. The van der Waals surface area contributed by atoms with E-state index in [1.807, 2.05) is 85.2 Å². The van der Waals surface area contributed by atoms with Gasteiger partial charge < -0.3 is 9.13 Å². The number of fused-ring (bicyclic) bond motifs is 6. The van der Waals surface area contributed by atoms with Crippen LogP contribution in [-0.4, -0.2) is 29.1 Å². The fourth-order valence-corrected chi connectivity index (χ4v) is 8.12. The second-order valence-corrected chi connectivity index (χ2v) is 13.9. The van der Waals surface area contributed by atoms with Crippen molar-refractivity contribution in [3.63, 3.8) is 0 Å². The van der Waals surface area contributed by atoms with E-state index in [0.29, 0.717) is 17.5 Å². The first-order valence-corrected chi connectivity index (χ1v) is 18.7. The summed E-state index contributed by atoms with van der Waals surface area (Å²) in [6, 6.07) is 63.7. The van der Waals surface area contributed by atoms with Crippen LogP contribution in [0.4, 0.5) is 0 Å². The summed E-state index contributed by atoms with van der Waals surface area (Å²) in [6.45, 7) is 0. The zero-order chi connectivity index (χ0) is 37.0. The van der Waals surface area contributed by atoms with Gasteiger partial charge in [-0.05, 0) is 65.7 Å². The Morgan fingerprint density at radius 1 is 0.321 bits per heavy atom. The molecular weight excluding hydrogens is 685 g/mol. The lowest BCUT2D eigenvalue weighted by molar-refractivity contribution is 1.06. The SMILES string of the molecule is c1ccc(-c2nc(-c3ccccc3)nc(-c3cc(-c4ccncc4)ccc3-n3c4ccccc4c4ccc(-n5c6ccccc6c6ccccc65)cc43)n2)cc1. The zero-order valence-electron chi connectivity index (χ0n) is 30.2. The minimum absolute atomic E-state index is 0.591. The van der Waals surface area contributed by atoms with E-state index < -0.39 is 0 Å². The van der Waals surface area contributed by atoms with Crippen molar-refractivity contribution >= 4 is 43.6 Å². The Bertz CT molecular complexity index is 3130. The van der Waals surface area contributed by atoms with E-state index in [9.17, 15) is 0 Å². The second kappa shape index (κ2) is 13.0. The zero-order valence-corrected chi connectivity index (χ0v) is 30.2. The highest BCUT2D eigenvalue weighted by molar-refractivity contribution is 6.12. The molecule has 0 aliphatic heterocycles. The first-order chi connectivity index (χ1) is 27.8. The van der Waals surface area contributed by atoms with E-state index in [2.05, 4.69) is 123 Å². The monoisotopic (exact) mass is 716 g/mol. The molecule has 4 heterocycles. The standard InChI is InChI=1S/C50H32N6/c1-3-13-34(14-4-1)48-52-49(35-15-5-2-6-16-35)54-50(53-48)42-31-36(33-27-29-51-30-28-33)23-26-46(42)56-45-22-12-9-19-40(45)41-25-24-37(32-47(41)56)55-43-20-10-7-17-38(43)39-18-8-11-21-44(39)55/h1-32H. The van der Waals surface area contributed by atoms with Crippen molar-refractivity contribution in [2.45, 2.75) is 0 Å². The Hall–Kier alpha value is -7.70. The van der Waals surface area contributed by atoms with Crippen LogP contribution in [0.15, 0.2) is 194 Å². The first-order valence-electron chi connectivity index (χ1n) is 18.7. The molecule has 7 aromatic carbocycles. The molecule has 56 heavy (non-hydrogen) atoms. The molecule has 6 nitrogen and oxygen atoms in total. The van der Waals surface area contributed by atoms with Gasteiger partial charge in [-0.2, -0.15) is 0 Å². The van der Waals surface area contributed by atoms with Crippen molar-refractivity contribution in [3.05, 3.63) is 194 Å². The van der Waals surface area contributed by atoms with Gasteiger partial charge in [0.25, 0.3) is 0 Å². The molecule has 0 radical (unpaired) electrons. The molecule has 11 rings (SSSR count). The Morgan fingerprint density at radius 3 is 1.41 bits per heavy atom. The Balaban J connectivity index is 1.22. The molecule has 0 amide bonds. The second-order valence-electron chi connectivity index (χ2n) is 13.9. The highest BCUT2D eigenvalue weighted by Gasteiger charge is 2.21. The lowest BCUT2D eigenvalue weighted by Gasteiger charge is -2.17. The summed E-state index contributed by atoms with van der Waals surface area (Å²) < 4.78 is 4.76. The predicted octanol–water partition coefficient (Wildman–Crippen LogP) is 12.1. The first kappa shape index (κ1) is 31.8. The fourth-order valence-electron chi connectivity index (χ4n) is 8.12. The predicted molar refractivity (Wildman–Crippen MR) is 228 cm³/mol. The maximum Gasteiger partial charge on any atom is 0.166 e. The van der Waals surface area contributed by atoms with Crippen molar-refractivity contribution < 1.29 is 0 Å². The lowest BCUT2D eigenvalue weighted by Crippen LogP contribution is -2.04. The van der Waals surface area contributed by atoms with Crippen LogP contribution in [0.5, 0.6) is 0 Å². The maximum absolute atomic E-state index is 5.24. The van der Waals surface area contributed by atoms with Crippen LogP contribution in [-0.2, 0) is 0 Å². The van der Waals surface area contributed by atoms with Gasteiger partial charge in [0.1, 0.15) is 0 Å². The smallest absolute Gasteiger partial charge is 0.166 e. The van der Waals surface area contributed by atoms with E-state index in [-0.39, 0.29) is 0 Å². The van der Waals surface area contributed by atoms with Gasteiger partial charge in [-0.1, -0.05) is 127 Å². The molecule has 0 unspecified atom stereocenters. The van der Waals surface area contributed by atoms with Crippen molar-refractivity contribution in [1.29, 1.82) is 0 Å². The molecule has 11 aromatic rings. The number of rotatable bonds is 6. The third kappa shape index (κ3) is 5.19. The minimum Gasteiger partial charge on any atom is -0.309 e. The summed E-state index contributed by atoms with van der Waals surface area (Å²) in [7, 11) is 0. The van der Waals surface area contributed by atoms with Gasteiger partial charge in [0.2, 0.25) is 0 Å². The Kier molecular flexibility index (Phi) is 7.38. The van der Waals surface area contributed by atoms with Crippen LogP contribution in [0.1, 0.15) is 0 Å².